The van der Waals surface area contributed by atoms with Gasteiger partial charge >= 0.3 is 5.97 Å². The van der Waals surface area contributed by atoms with Gasteiger partial charge in [0.1, 0.15) is 11.8 Å². The third-order valence-corrected chi connectivity index (χ3v) is 5.69. The van der Waals surface area contributed by atoms with Gasteiger partial charge < -0.3 is 13.8 Å². The van der Waals surface area contributed by atoms with Crippen LogP contribution in [-0.4, -0.2) is 16.3 Å². The molecular formula is C26H20N2O5. The normalized spacial score (nSPS) is 11.2. The monoisotopic (exact) mass is 440 g/mol. The van der Waals surface area contributed by atoms with E-state index in [0.29, 0.717) is 28.6 Å². The number of nitrogens with one attached hydrogen (secondary N) is 1. The zero-order valence-electron chi connectivity index (χ0n) is 18.0. The van der Waals surface area contributed by atoms with Crippen LogP contribution in [-0.2, 0) is 16.2 Å². The summed E-state index contributed by atoms with van der Waals surface area (Å²) in [5, 5.41) is 1.92. The van der Waals surface area contributed by atoms with Gasteiger partial charge in [-0.05, 0) is 37.3 Å². The van der Waals surface area contributed by atoms with Gasteiger partial charge in [-0.15, -0.1) is 0 Å². The predicted molar refractivity (Wildman–Crippen MR) is 126 cm³/mol. The maximum absolute atomic E-state index is 13.1. The SMILES string of the molecule is CCn1c2ccc(C(=O)c3ccccc3)cc2c2c3occ(NOC(C)=O)c(=O)c3ccc21. The molecule has 1 N–H and O–H groups in total. The molecule has 2 heterocycles. The highest BCUT2D eigenvalue weighted by molar-refractivity contribution is 6.21. The minimum absolute atomic E-state index is 0.0243. The minimum Gasteiger partial charge on any atom is -0.461 e. The second-order valence-corrected chi connectivity index (χ2v) is 7.68. The number of benzene rings is 3. The zero-order valence-corrected chi connectivity index (χ0v) is 18.0. The maximum Gasteiger partial charge on any atom is 0.329 e. The Labute approximate surface area is 188 Å². The van der Waals surface area contributed by atoms with Crippen molar-refractivity contribution in [2.75, 3.05) is 5.48 Å². The van der Waals surface area contributed by atoms with Crippen LogP contribution in [0.25, 0.3) is 32.8 Å². The van der Waals surface area contributed by atoms with E-state index in [9.17, 15) is 14.4 Å². The Morgan fingerprint density at radius 1 is 0.970 bits per heavy atom. The van der Waals surface area contributed by atoms with E-state index in [1.165, 1.54) is 13.2 Å². The molecular weight excluding hydrogens is 420 g/mol. The molecule has 0 atom stereocenters. The quantitative estimate of drug-likeness (QED) is 0.304. The zero-order chi connectivity index (χ0) is 23.1. The van der Waals surface area contributed by atoms with Crippen LogP contribution < -0.4 is 10.9 Å². The van der Waals surface area contributed by atoms with Gasteiger partial charge in [-0.3, -0.25) is 14.4 Å². The van der Waals surface area contributed by atoms with Crippen molar-refractivity contribution in [2.45, 2.75) is 20.4 Å². The molecule has 164 valence electrons. The average molecular weight is 440 g/mol. The van der Waals surface area contributed by atoms with E-state index in [4.69, 9.17) is 9.25 Å². The van der Waals surface area contributed by atoms with E-state index in [1.54, 1.807) is 18.2 Å². The lowest BCUT2D eigenvalue weighted by Crippen LogP contribution is -2.14. The summed E-state index contributed by atoms with van der Waals surface area (Å²) in [5.41, 5.74) is 5.42. The number of ketones is 1. The summed E-state index contributed by atoms with van der Waals surface area (Å²) in [7, 11) is 0. The fraction of sp³-hybridized carbons (Fsp3) is 0.115. The van der Waals surface area contributed by atoms with Crippen LogP contribution in [0, 0.1) is 0 Å². The van der Waals surface area contributed by atoms with E-state index in [1.807, 2.05) is 49.4 Å². The smallest absolute Gasteiger partial charge is 0.329 e. The molecule has 0 aliphatic heterocycles. The molecule has 0 bridgehead atoms. The van der Waals surface area contributed by atoms with Crippen molar-refractivity contribution in [3.63, 3.8) is 0 Å². The van der Waals surface area contributed by atoms with Crippen LogP contribution in [0.15, 0.2) is 76.1 Å². The number of rotatable bonds is 5. The maximum atomic E-state index is 13.1. The number of carbonyl (C=O) groups is 2. The van der Waals surface area contributed by atoms with Crippen LogP contribution in [0.5, 0.6) is 0 Å². The van der Waals surface area contributed by atoms with Crippen LogP contribution in [0.4, 0.5) is 5.69 Å². The van der Waals surface area contributed by atoms with Gasteiger partial charge in [-0.1, -0.05) is 30.3 Å². The van der Waals surface area contributed by atoms with Crippen molar-refractivity contribution in [2.24, 2.45) is 0 Å². The molecule has 0 radical (unpaired) electrons. The van der Waals surface area contributed by atoms with Crippen molar-refractivity contribution in [3.05, 3.63) is 88.3 Å². The number of aryl methyl sites for hydroxylation is 1. The molecule has 0 saturated heterocycles. The van der Waals surface area contributed by atoms with Crippen molar-refractivity contribution >= 4 is 50.2 Å². The summed E-state index contributed by atoms with van der Waals surface area (Å²) in [5.74, 6) is -0.656. The second kappa shape index (κ2) is 7.94. The molecule has 7 nitrogen and oxygen atoms in total. The van der Waals surface area contributed by atoms with E-state index >= 15 is 0 Å². The first kappa shape index (κ1) is 20.5. The number of aromatic nitrogens is 1. The summed E-state index contributed by atoms with van der Waals surface area (Å²) in [6.07, 6.45) is 1.24. The Hall–Kier alpha value is -4.39. The van der Waals surface area contributed by atoms with Gasteiger partial charge in [0.05, 0.1) is 16.3 Å². The highest BCUT2D eigenvalue weighted by atomic mass is 16.7. The number of fused-ring (bicyclic) bond motifs is 5. The number of hydrogen-bond donors (Lipinski definition) is 1. The first-order valence-corrected chi connectivity index (χ1v) is 10.5. The molecule has 0 amide bonds. The molecule has 33 heavy (non-hydrogen) atoms. The lowest BCUT2D eigenvalue weighted by Gasteiger charge is -2.06. The van der Waals surface area contributed by atoms with E-state index in [0.717, 1.165) is 21.8 Å². The Morgan fingerprint density at radius 2 is 1.73 bits per heavy atom. The molecule has 0 aliphatic rings. The molecule has 0 saturated carbocycles. The molecule has 5 aromatic rings. The molecule has 0 unspecified atom stereocenters. The Balaban J connectivity index is 1.77. The molecule has 0 fully saturated rings. The summed E-state index contributed by atoms with van der Waals surface area (Å²) < 4.78 is 7.99. The Morgan fingerprint density at radius 3 is 2.45 bits per heavy atom. The fourth-order valence-corrected chi connectivity index (χ4v) is 4.21. The van der Waals surface area contributed by atoms with Gasteiger partial charge in [-0.2, -0.15) is 0 Å². The first-order chi connectivity index (χ1) is 16.0. The summed E-state index contributed by atoms with van der Waals surface area (Å²) >= 11 is 0. The van der Waals surface area contributed by atoms with Gasteiger partial charge in [-0.25, -0.2) is 5.48 Å². The first-order valence-electron chi connectivity index (χ1n) is 10.5. The van der Waals surface area contributed by atoms with Gasteiger partial charge in [0.2, 0.25) is 5.43 Å². The fourth-order valence-electron chi connectivity index (χ4n) is 4.21. The molecule has 0 aliphatic carbocycles. The van der Waals surface area contributed by atoms with Crippen LogP contribution in [0.2, 0.25) is 0 Å². The summed E-state index contributed by atoms with van der Waals surface area (Å²) in [6.45, 7) is 3.97. The van der Waals surface area contributed by atoms with Crippen molar-refractivity contribution in [1.82, 2.24) is 4.57 Å². The predicted octanol–water partition coefficient (Wildman–Crippen LogP) is 5.04. The lowest BCUT2D eigenvalue weighted by atomic mass is 10.0. The largest absolute Gasteiger partial charge is 0.461 e. The Kier molecular flexibility index (Phi) is 4.94. The highest BCUT2D eigenvalue weighted by Gasteiger charge is 2.19. The molecule has 5 rings (SSSR count). The molecule has 0 spiro atoms. The van der Waals surface area contributed by atoms with Gasteiger partial charge in [0.15, 0.2) is 11.5 Å². The number of carbonyl (C=O) groups excluding carboxylic acids is 2. The number of nitrogens with zero attached hydrogens (tertiary/aromatic N) is 1. The summed E-state index contributed by atoms with van der Waals surface area (Å²) in [6, 6.07) is 18.3. The average Bonchev–Trinajstić information content (AvgIpc) is 3.16. The van der Waals surface area contributed by atoms with E-state index in [-0.39, 0.29) is 16.9 Å². The van der Waals surface area contributed by atoms with Crippen LogP contribution in [0.1, 0.15) is 29.8 Å². The number of anilines is 1. The third kappa shape index (κ3) is 3.34. The van der Waals surface area contributed by atoms with Crippen molar-refractivity contribution in [1.29, 1.82) is 0 Å². The topological polar surface area (TPSA) is 90.5 Å². The summed E-state index contributed by atoms with van der Waals surface area (Å²) in [4.78, 5) is 41.9. The van der Waals surface area contributed by atoms with E-state index < -0.39 is 5.97 Å². The van der Waals surface area contributed by atoms with Gasteiger partial charge in [0, 0.05) is 35.5 Å². The van der Waals surface area contributed by atoms with Crippen molar-refractivity contribution < 1.29 is 18.8 Å². The Bertz CT molecular complexity index is 1610. The number of hydrogen-bond acceptors (Lipinski definition) is 6. The van der Waals surface area contributed by atoms with Gasteiger partial charge in [0.25, 0.3) is 0 Å². The van der Waals surface area contributed by atoms with E-state index in [2.05, 4.69) is 10.0 Å². The van der Waals surface area contributed by atoms with Crippen LogP contribution in [0.3, 0.4) is 0 Å². The highest BCUT2D eigenvalue weighted by Crippen LogP contribution is 2.35. The van der Waals surface area contributed by atoms with Crippen molar-refractivity contribution in [3.8, 4) is 0 Å². The lowest BCUT2D eigenvalue weighted by molar-refractivity contribution is -0.138. The third-order valence-electron chi connectivity index (χ3n) is 5.69. The van der Waals surface area contributed by atoms with Crippen LogP contribution >= 0.6 is 0 Å². The molecule has 7 heteroatoms. The molecule has 3 aromatic carbocycles. The molecule has 2 aromatic heterocycles. The standard InChI is InChI=1S/C26H20N2O5/c1-3-28-21-11-9-17(24(30)16-7-5-4-6-8-16)13-19(21)23-22(28)12-10-18-25(31)20(14-32-26(18)23)27-33-15(2)29/h4-14,27H,3H2,1-2H3. The minimum atomic E-state index is -0.577. The second-order valence-electron chi connectivity index (χ2n) is 7.68.